The molecule has 0 bridgehead atoms. The number of rotatable bonds is 11. The minimum Gasteiger partial charge on any atom is -0.396 e. The molecule has 4 aromatic rings. The van der Waals surface area contributed by atoms with Gasteiger partial charge < -0.3 is 10.0 Å². The topological polar surface area (TPSA) is 96.8 Å². The molecule has 0 aliphatic carbocycles. The summed E-state index contributed by atoms with van der Waals surface area (Å²) in [5.74, 6) is 1.12. The first-order valence-electron chi connectivity index (χ1n) is 12.7. The van der Waals surface area contributed by atoms with Gasteiger partial charge in [-0.2, -0.15) is 10.5 Å². The monoisotopic (exact) mass is 573 g/mol. The molecule has 0 aliphatic heterocycles. The normalized spacial score (nSPS) is 10.7. The number of thiazole rings is 1. The van der Waals surface area contributed by atoms with Crippen molar-refractivity contribution in [2.24, 2.45) is 0 Å². The van der Waals surface area contributed by atoms with Crippen molar-refractivity contribution >= 4 is 40.5 Å². The lowest BCUT2D eigenvalue weighted by atomic mass is 9.95. The van der Waals surface area contributed by atoms with Gasteiger partial charge in [-0.15, -0.1) is 11.3 Å². The molecule has 39 heavy (non-hydrogen) atoms. The number of aromatic nitrogens is 2. The van der Waals surface area contributed by atoms with Crippen LogP contribution in [0.25, 0.3) is 21.7 Å². The Hall–Kier alpha value is -3.40. The fourth-order valence-electron chi connectivity index (χ4n) is 4.27. The summed E-state index contributed by atoms with van der Waals surface area (Å²) in [5.41, 5.74) is 5.19. The van der Waals surface area contributed by atoms with E-state index in [1.54, 1.807) is 11.3 Å². The fourth-order valence-corrected chi connectivity index (χ4v) is 6.20. The van der Waals surface area contributed by atoms with Crippen LogP contribution in [0.15, 0.2) is 58.9 Å². The zero-order valence-corrected chi connectivity index (χ0v) is 24.2. The number of hydrogen-bond donors (Lipinski definition) is 1. The van der Waals surface area contributed by atoms with Crippen LogP contribution in [-0.2, 0) is 12.2 Å². The number of thioether (sulfide) groups is 1. The van der Waals surface area contributed by atoms with E-state index >= 15 is 0 Å². The van der Waals surface area contributed by atoms with Gasteiger partial charge in [-0.1, -0.05) is 59.8 Å². The first-order chi connectivity index (χ1) is 19.0. The van der Waals surface area contributed by atoms with Gasteiger partial charge in [0.2, 0.25) is 0 Å². The molecule has 198 valence electrons. The molecule has 0 spiro atoms. The van der Waals surface area contributed by atoms with E-state index in [9.17, 15) is 10.5 Å². The number of anilines is 1. The maximum Gasteiger partial charge on any atom is 0.148 e. The molecule has 4 rings (SSSR count). The Kier molecular flexibility index (Phi) is 9.97. The lowest BCUT2D eigenvalue weighted by molar-refractivity contribution is 0.288. The van der Waals surface area contributed by atoms with E-state index in [1.165, 1.54) is 11.8 Å². The van der Waals surface area contributed by atoms with E-state index in [2.05, 4.69) is 12.1 Å². The number of benzene rings is 2. The average Bonchev–Trinajstić information content (AvgIpc) is 3.45. The van der Waals surface area contributed by atoms with Crippen molar-refractivity contribution in [2.45, 2.75) is 37.5 Å². The van der Waals surface area contributed by atoms with Crippen LogP contribution in [0.3, 0.4) is 0 Å². The Balaban J connectivity index is 1.74. The Morgan fingerprint density at radius 3 is 2.23 bits per heavy atom. The van der Waals surface area contributed by atoms with Gasteiger partial charge in [0, 0.05) is 47.0 Å². The molecular formula is C30H28ClN5OS2. The van der Waals surface area contributed by atoms with Gasteiger partial charge in [0.1, 0.15) is 33.6 Å². The van der Waals surface area contributed by atoms with Crippen LogP contribution in [0.4, 0.5) is 5.82 Å². The third kappa shape index (κ3) is 6.61. The molecule has 0 aliphatic rings. The van der Waals surface area contributed by atoms with Gasteiger partial charge in [-0.3, -0.25) is 0 Å². The zero-order chi connectivity index (χ0) is 27.8. The number of halogens is 1. The summed E-state index contributed by atoms with van der Waals surface area (Å²) in [5, 5.41) is 33.9. The van der Waals surface area contributed by atoms with Crippen molar-refractivity contribution in [1.29, 1.82) is 10.5 Å². The summed E-state index contributed by atoms with van der Waals surface area (Å²) in [6.45, 7) is 5.56. The minimum absolute atomic E-state index is 0.136. The van der Waals surface area contributed by atoms with Gasteiger partial charge in [0.15, 0.2) is 0 Å². The Morgan fingerprint density at radius 2 is 1.62 bits per heavy atom. The second-order valence-electron chi connectivity index (χ2n) is 8.73. The largest absolute Gasteiger partial charge is 0.396 e. The highest BCUT2D eigenvalue weighted by Crippen LogP contribution is 2.39. The molecule has 0 amide bonds. The van der Waals surface area contributed by atoms with Crippen LogP contribution in [0.2, 0.25) is 5.02 Å². The van der Waals surface area contributed by atoms with Gasteiger partial charge in [0.05, 0.1) is 11.3 Å². The van der Waals surface area contributed by atoms with Gasteiger partial charge in [0.25, 0.3) is 0 Å². The first kappa shape index (κ1) is 28.6. The summed E-state index contributed by atoms with van der Waals surface area (Å²) in [6.07, 6.45) is 1.45. The van der Waals surface area contributed by atoms with Gasteiger partial charge >= 0.3 is 0 Å². The summed E-state index contributed by atoms with van der Waals surface area (Å²) in [7, 11) is 0. The van der Waals surface area contributed by atoms with Crippen LogP contribution in [0, 0.1) is 22.7 Å². The second kappa shape index (κ2) is 13.6. The zero-order valence-electron chi connectivity index (χ0n) is 21.8. The Labute approximate surface area is 242 Å². The highest BCUT2D eigenvalue weighted by atomic mass is 35.5. The highest BCUT2D eigenvalue weighted by Gasteiger charge is 2.24. The number of pyridine rings is 1. The fraction of sp³-hybridized carbons (Fsp3) is 0.267. The SMILES string of the molecule is CCN(CC)c1nc(SCc2csc(-c3ccc(Cl)cc3)n2)c(C#N)c(-c2ccc(CCCO)cc2)c1C#N. The average molecular weight is 574 g/mol. The maximum atomic E-state index is 10.3. The van der Waals surface area contributed by atoms with Crippen LogP contribution in [0.5, 0.6) is 0 Å². The van der Waals surface area contributed by atoms with Crippen molar-refractivity contribution in [2.75, 3.05) is 24.6 Å². The lowest BCUT2D eigenvalue weighted by Gasteiger charge is -2.24. The van der Waals surface area contributed by atoms with E-state index < -0.39 is 0 Å². The van der Waals surface area contributed by atoms with E-state index in [1.807, 2.05) is 72.7 Å². The molecule has 2 aromatic heterocycles. The number of aliphatic hydroxyl groups excluding tert-OH is 1. The molecule has 2 heterocycles. The number of nitriles is 2. The van der Waals surface area contributed by atoms with Crippen molar-refractivity contribution in [1.82, 2.24) is 9.97 Å². The summed E-state index contributed by atoms with van der Waals surface area (Å²) < 4.78 is 0. The van der Waals surface area contributed by atoms with Gasteiger partial charge in [-0.25, -0.2) is 9.97 Å². The Bertz CT molecular complexity index is 1500. The summed E-state index contributed by atoms with van der Waals surface area (Å²) in [4.78, 5) is 11.7. The van der Waals surface area contributed by atoms with E-state index in [4.69, 9.17) is 26.7 Å². The predicted molar refractivity (Wildman–Crippen MR) is 160 cm³/mol. The molecule has 0 unspecified atom stereocenters. The standard InChI is InChI=1S/C30H28ClN5OS2/c1-3-36(4-2)28-25(16-32)27(21-9-7-20(8-10-21)6-5-15-37)26(17-33)30(35-28)39-19-24-18-38-29(34-24)22-11-13-23(31)14-12-22/h7-14,18,37H,3-6,15,19H2,1-2H3. The number of nitrogens with zero attached hydrogens (tertiary/aromatic N) is 5. The smallest absolute Gasteiger partial charge is 0.148 e. The molecule has 1 N–H and O–H groups in total. The molecule has 0 saturated carbocycles. The molecule has 0 saturated heterocycles. The maximum absolute atomic E-state index is 10.3. The van der Waals surface area contributed by atoms with Gasteiger partial charge in [-0.05, 0) is 49.9 Å². The third-order valence-corrected chi connectivity index (χ3v) is 8.50. The van der Waals surface area contributed by atoms with Crippen LogP contribution < -0.4 is 4.90 Å². The van der Waals surface area contributed by atoms with Crippen LogP contribution >= 0.6 is 34.7 Å². The third-order valence-electron chi connectivity index (χ3n) is 6.30. The molecule has 0 atom stereocenters. The molecule has 9 heteroatoms. The highest BCUT2D eigenvalue weighted by molar-refractivity contribution is 7.98. The lowest BCUT2D eigenvalue weighted by Crippen LogP contribution is -2.25. The van der Waals surface area contributed by atoms with Crippen molar-refractivity contribution < 1.29 is 5.11 Å². The predicted octanol–water partition coefficient (Wildman–Crippen LogP) is 7.33. The molecular weight excluding hydrogens is 546 g/mol. The number of aliphatic hydroxyl groups is 1. The van der Waals surface area contributed by atoms with Crippen molar-refractivity contribution in [3.8, 4) is 33.8 Å². The van der Waals surface area contributed by atoms with Crippen LogP contribution in [0.1, 0.15) is 42.7 Å². The molecule has 2 aromatic carbocycles. The molecule has 0 fully saturated rings. The number of aryl methyl sites for hydroxylation is 1. The minimum atomic E-state index is 0.136. The first-order valence-corrected chi connectivity index (χ1v) is 14.9. The second-order valence-corrected chi connectivity index (χ2v) is 11.0. The quantitative estimate of drug-likeness (QED) is 0.188. The van der Waals surface area contributed by atoms with Crippen molar-refractivity contribution in [3.05, 3.63) is 81.3 Å². The van der Waals surface area contributed by atoms with E-state index in [0.29, 0.717) is 57.8 Å². The van der Waals surface area contributed by atoms with Crippen LogP contribution in [-0.4, -0.2) is 34.8 Å². The molecule has 6 nitrogen and oxygen atoms in total. The Morgan fingerprint density at radius 1 is 0.949 bits per heavy atom. The number of hydrogen-bond acceptors (Lipinski definition) is 8. The molecule has 0 radical (unpaired) electrons. The van der Waals surface area contributed by atoms with Crippen molar-refractivity contribution in [3.63, 3.8) is 0 Å². The van der Waals surface area contributed by atoms with E-state index in [0.717, 1.165) is 33.8 Å². The van der Waals surface area contributed by atoms with E-state index in [-0.39, 0.29) is 6.61 Å². The summed E-state index contributed by atoms with van der Waals surface area (Å²) >= 11 is 9.04. The summed E-state index contributed by atoms with van der Waals surface area (Å²) in [6, 6.07) is 20.2.